The monoisotopic (exact) mass is 340 g/mol. The van der Waals surface area contributed by atoms with Gasteiger partial charge in [0.1, 0.15) is 5.75 Å². The third-order valence-electron chi connectivity index (χ3n) is 3.04. The van der Waals surface area contributed by atoms with Gasteiger partial charge in [-0.3, -0.25) is 4.79 Å². The van der Waals surface area contributed by atoms with Crippen molar-refractivity contribution < 1.29 is 14.3 Å². The molecule has 0 radical (unpaired) electrons. The highest BCUT2D eigenvalue weighted by Crippen LogP contribution is 2.38. The maximum absolute atomic E-state index is 11.8. The Morgan fingerprint density at radius 2 is 1.64 bits per heavy atom. The highest BCUT2D eigenvalue weighted by molar-refractivity contribution is 6.37. The number of rotatable bonds is 3. The molecule has 0 aliphatic heterocycles. The zero-order valence-corrected chi connectivity index (χ0v) is 13.7. The molecule has 7 heteroatoms. The van der Waals surface area contributed by atoms with Crippen molar-refractivity contribution in [2.24, 2.45) is 0 Å². The molecule has 22 heavy (non-hydrogen) atoms. The molecular formula is C15H14Cl2N2O3. The number of amides is 1. The number of nitrogens with one attached hydrogen (secondary N) is 1. The third-order valence-corrected chi connectivity index (χ3v) is 3.93. The van der Waals surface area contributed by atoms with E-state index in [2.05, 4.69) is 5.32 Å². The number of hydrogen-bond acceptors (Lipinski definition) is 3. The molecule has 0 saturated carbocycles. The largest absolute Gasteiger partial charge is 0.618 e. The number of halogens is 2. The Kier molecular flexibility index (Phi) is 4.78. The van der Waals surface area contributed by atoms with Crippen LogP contribution in [0.1, 0.15) is 18.3 Å². The number of pyridine rings is 1. The minimum absolute atomic E-state index is 0.158. The van der Waals surface area contributed by atoms with Gasteiger partial charge >= 0.3 is 0 Å². The first-order valence-electron chi connectivity index (χ1n) is 6.44. The molecule has 0 atom stereocenters. The van der Waals surface area contributed by atoms with E-state index in [0.29, 0.717) is 27.6 Å². The van der Waals surface area contributed by atoms with Crippen LogP contribution in [0.25, 0.3) is 0 Å². The number of ether oxygens (including phenoxy) is 1. The third kappa shape index (κ3) is 3.26. The van der Waals surface area contributed by atoms with Crippen molar-refractivity contribution in [3.05, 3.63) is 50.9 Å². The van der Waals surface area contributed by atoms with E-state index < -0.39 is 0 Å². The van der Waals surface area contributed by atoms with Crippen LogP contribution in [0.3, 0.4) is 0 Å². The van der Waals surface area contributed by atoms with Crippen LogP contribution in [-0.4, -0.2) is 5.91 Å². The fraction of sp³-hybridized carbons (Fsp3) is 0.200. The van der Waals surface area contributed by atoms with Crippen LogP contribution in [0.15, 0.2) is 24.3 Å². The predicted octanol–water partition coefficient (Wildman–Crippen LogP) is 3.99. The van der Waals surface area contributed by atoms with E-state index in [0.717, 1.165) is 0 Å². The van der Waals surface area contributed by atoms with E-state index in [1.807, 2.05) is 0 Å². The van der Waals surface area contributed by atoms with Crippen LogP contribution in [0.4, 0.5) is 5.69 Å². The molecule has 2 aromatic rings. The van der Waals surface area contributed by atoms with Gasteiger partial charge in [-0.05, 0) is 24.3 Å². The summed E-state index contributed by atoms with van der Waals surface area (Å²) in [6, 6.07) is 6.71. The van der Waals surface area contributed by atoms with E-state index in [9.17, 15) is 10.0 Å². The van der Waals surface area contributed by atoms with Gasteiger partial charge in [-0.1, -0.05) is 23.2 Å². The molecule has 1 N–H and O–H groups in total. The summed E-state index contributed by atoms with van der Waals surface area (Å²) >= 11 is 12.3. The number of benzene rings is 1. The second-order valence-electron chi connectivity index (χ2n) is 4.73. The van der Waals surface area contributed by atoms with Crippen molar-refractivity contribution in [3.8, 4) is 11.5 Å². The van der Waals surface area contributed by atoms with Crippen LogP contribution in [0.2, 0.25) is 10.0 Å². The topological polar surface area (TPSA) is 65.3 Å². The van der Waals surface area contributed by atoms with Gasteiger partial charge in [0, 0.05) is 26.5 Å². The van der Waals surface area contributed by atoms with Crippen molar-refractivity contribution in [2.45, 2.75) is 20.8 Å². The zero-order valence-electron chi connectivity index (χ0n) is 12.2. The second-order valence-corrected chi connectivity index (χ2v) is 5.49. The van der Waals surface area contributed by atoms with Gasteiger partial charge in [0.05, 0.1) is 0 Å². The van der Waals surface area contributed by atoms with Gasteiger partial charge < -0.3 is 15.3 Å². The van der Waals surface area contributed by atoms with Crippen LogP contribution in [0, 0.1) is 19.1 Å². The Morgan fingerprint density at radius 1 is 1.14 bits per heavy atom. The second kappa shape index (κ2) is 6.42. The maximum Gasteiger partial charge on any atom is 0.221 e. The van der Waals surface area contributed by atoms with Crippen molar-refractivity contribution in [1.29, 1.82) is 0 Å². The average molecular weight is 341 g/mol. The normalized spacial score (nSPS) is 10.4. The van der Waals surface area contributed by atoms with Gasteiger partial charge in [-0.25, -0.2) is 0 Å². The van der Waals surface area contributed by atoms with Gasteiger partial charge in [-0.2, -0.15) is 4.73 Å². The van der Waals surface area contributed by atoms with Crippen molar-refractivity contribution >= 4 is 34.8 Å². The number of hydrogen-bond donors (Lipinski definition) is 1. The van der Waals surface area contributed by atoms with Gasteiger partial charge in [0.2, 0.25) is 17.3 Å². The lowest BCUT2D eigenvalue weighted by Crippen LogP contribution is -2.34. The summed E-state index contributed by atoms with van der Waals surface area (Å²) in [4.78, 5) is 11.0. The molecular weight excluding hydrogens is 327 g/mol. The first-order chi connectivity index (χ1) is 10.3. The molecule has 1 aromatic heterocycles. The molecule has 0 fully saturated rings. The maximum atomic E-state index is 11.8. The van der Waals surface area contributed by atoms with Gasteiger partial charge in [0.25, 0.3) is 0 Å². The van der Waals surface area contributed by atoms with E-state index >= 15 is 0 Å². The van der Waals surface area contributed by atoms with Crippen LogP contribution >= 0.6 is 23.2 Å². The fourth-order valence-electron chi connectivity index (χ4n) is 1.87. The number of anilines is 1. The SMILES string of the molecule is CC(=O)Nc1ccc(Oc2c(Cl)c(C)[n+]([O-])c(C)c2Cl)cc1. The highest BCUT2D eigenvalue weighted by atomic mass is 35.5. The van der Waals surface area contributed by atoms with Crippen molar-refractivity contribution in [2.75, 3.05) is 5.32 Å². The first-order valence-corrected chi connectivity index (χ1v) is 7.20. The molecule has 116 valence electrons. The highest BCUT2D eigenvalue weighted by Gasteiger charge is 2.23. The molecule has 1 aromatic carbocycles. The first kappa shape index (κ1) is 16.4. The molecule has 1 amide bonds. The zero-order chi connectivity index (χ0) is 16.4. The lowest BCUT2D eigenvalue weighted by Gasteiger charge is -2.14. The summed E-state index contributed by atoms with van der Waals surface area (Å²) in [7, 11) is 0. The summed E-state index contributed by atoms with van der Waals surface area (Å²) in [6.07, 6.45) is 0. The molecule has 0 aliphatic rings. The molecule has 0 aliphatic carbocycles. The standard InChI is InChI=1S/C15H14Cl2N2O3/c1-8-13(16)15(14(17)9(2)19(8)21)22-12-6-4-11(5-7-12)18-10(3)20/h4-7H,1-3H3,(H,18,20). The summed E-state index contributed by atoms with van der Waals surface area (Å²) in [5.74, 6) is 0.562. The predicted molar refractivity (Wildman–Crippen MR) is 85.7 cm³/mol. The number of carbonyl (C=O) groups is 1. The Hall–Kier alpha value is -1.98. The Balaban J connectivity index is 2.33. The lowest BCUT2D eigenvalue weighted by atomic mass is 10.2. The van der Waals surface area contributed by atoms with Gasteiger partial charge in [-0.15, -0.1) is 0 Å². The lowest BCUT2D eigenvalue weighted by molar-refractivity contribution is -0.618. The summed E-state index contributed by atoms with van der Waals surface area (Å²) < 4.78 is 6.35. The average Bonchev–Trinajstić information content (AvgIpc) is 2.49. The number of nitrogens with zero attached hydrogens (tertiary/aromatic N) is 1. The smallest absolute Gasteiger partial charge is 0.221 e. The van der Waals surface area contributed by atoms with Crippen LogP contribution in [-0.2, 0) is 4.79 Å². The Bertz CT molecular complexity index is 702. The fourth-order valence-corrected chi connectivity index (χ4v) is 2.34. The number of carbonyl (C=O) groups excluding carboxylic acids is 1. The van der Waals surface area contributed by atoms with E-state index in [4.69, 9.17) is 27.9 Å². The van der Waals surface area contributed by atoms with E-state index in [1.54, 1.807) is 38.1 Å². The van der Waals surface area contributed by atoms with E-state index in [1.165, 1.54) is 6.92 Å². The molecule has 0 bridgehead atoms. The number of aromatic nitrogens is 1. The van der Waals surface area contributed by atoms with Crippen LogP contribution < -0.4 is 14.8 Å². The molecule has 0 saturated heterocycles. The minimum atomic E-state index is -0.158. The van der Waals surface area contributed by atoms with Crippen molar-refractivity contribution in [3.63, 3.8) is 0 Å². The Morgan fingerprint density at radius 3 is 2.09 bits per heavy atom. The van der Waals surface area contributed by atoms with Gasteiger partial charge in [0.15, 0.2) is 15.8 Å². The molecule has 0 unspecified atom stereocenters. The van der Waals surface area contributed by atoms with Crippen molar-refractivity contribution in [1.82, 2.24) is 0 Å². The summed E-state index contributed by atoms with van der Waals surface area (Å²) in [6.45, 7) is 4.61. The molecule has 1 heterocycles. The molecule has 2 rings (SSSR count). The van der Waals surface area contributed by atoms with Crippen LogP contribution in [0.5, 0.6) is 11.5 Å². The Labute approximate surface area is 138 Å². The summed E-state index contributed by atoms with van der Waals surface area (Å²) in [5, 5.41) is 14.8. The quantitative estimate of drug-likeness (QED) is 0.678. The van der Waals surface area contributed by atoms with E-state index in [-0.39, 0.29) is 21.7 Å². The molecule has 5 nitrogen and oxygen atoms in total. The minimum Gasteiger partial charge on any atom is -0.618 e. The molecule has 0 spiro atoms. The summed E-state index contributed by atoms with van der Waals surface area (Å²) in [5.41, 5.74) is 1.27.